The van der Waals surface area contributed by atoms with E-state index in [1.54, 1.807) is 0 Å². The Bertz CT molecular complexity index is 5850. The normalized spacial score (nSPS) is 13.8. The summed E-state index contributed by atoms with van der Waals surface area (Å²) in [4.78, 5) is 50.1. The molecular formula is C78H88F36N14O14P6Pd2. The maximum atomic E-state index is 9.87. The third-order valence-corrected chi connectivity index (χ3v) is 14.9. The van der Waals surface area contributed by atoms with Crippen LogP contribution in [0.2, 0.25) is 0 Å². The molecule has 0 fully saturated rings. The number of hydrogen-bond acceptors (Lipinski definition) is 22. The third kappa shape index (κ3) is 89.0. The Hall–Kier alpha value is -10.7. The second-order valence-corrected chi connectivity index (χ2v) is 40.2. The summed E-state index contributed by atoms with van der Waals surface area (Å²) in [5.74, 6) is 1.53. The number of nitrogens with two attached hydrogens (primary N) is 4. The number of halogens is 36. The Morgan fingerprint density at radius 2 is 0.467 bits per heavy atom. The fourth-order valence-electron chi connectivity index (χ4n) is 10.7. The Kier molecular flexibility index (Phi) is 50.0. The van der Waals surface area contributed by atoms with E-state index in [-0.39, 0.29) is 54.1 Å². The number of aromatic nitrogens is 6. The van der Waals surface area contributed by atoms with Crippen LogP contribution in [0.1, 0.15) is 22.3 Å². The molecule has 0 saturated heterocycles. The molecule has 0 unspecified atom stereocenters. The van der Waals surface area contributed by atoms with Crippen molar-refractivity contribution in [3.05, 3.63) is 295 Å². The van der Waals surface area contributed by atoms with Crippen molar-refractivity contribution in [2.75, 3.05) is 107 Å². The molecule has 6 heterocycles. The number of nitrogens with zero attached hydrogens (tertiary/aromatic N) is 10. The van der Waals surface area contributed by atoms with Crippen LogP contribution in [0.3, 0.4) is 0 Å². The third-order valence-electron chi connectivity index (χ3n) is 14.9. The van der Waals surface area contributed by atoms with Crippen molar-refractivity contribution in [3.63, 3.8) is 0 Å². The zero-order valence-corrected chi connectivity index (χ0v) is 84.8. The van der Waals surface area contributed by atoms with Crippen molar-refractivity contribution in [1.29, 1.82) is 0 Å². The van der Waals surface area contributed by atoms with Crippen LogP contribution >= 0.6 is 46.9 Å². The number of pyridine rings is 6. The van der Waals surface area contributed by atoms with Gasteiger partial charge in [-0.05, 0) is 95.8 Å². The predicted octanol–water partition coefficient (Wildman–Crippen LogP) is 29.8. The number of hydrogen-bond donors (Lipinski definition) is 6. The van der Waals surface area contributed by atoms with Crippen molar-refractivity contribution in [2.45, 2.75) is 12.8 Å². The van der Waals surface area contributed by atoms with E-state index >= 15 is 0 Å². The number of aliphatic hydroxyl groups excluding tert-OH is 2. The summed E-state index contributed by atoms with van der Waals surface area (Å²) >= 11 is 0. The van der Waals surface area contributed by atoms with Crippen LogP contribution in [0, 0.1) is 40.5 Å². The first-order chi connectivity index (χ1) is 66.0. The topological polar surface area (TPSA) is 413 Å². The minimum absolute atomic E-state index is 0. The van der Waals surface area contributed by atoms with Crippen molar-refractivity contribution in [1.82, 2.24) is 19.9 Å². The van der Waals surface area contributed by atoms with E-state index in [9.17, 15) is 151 Å². The number of nitro groups is 4. The van der Waals surface area contributed by atoms with E-state index in [1.165, 1.54) is 86.9 Å². The molecule has 0 aliphatic rings. The van der Waals surface area contributed by atoms with Crippen molar-refractivity contribution in [2.24, 2.45) is 22.9 Å². The van der Waals surface area contributed by atoms with Gasteiger partial charge in [-0.1, -0.05) is 72.8 Å². The quantitative estimate of drug-likeness (QED) is 0.00603. The van der Waals surface area contributed by atoms with E-state index in [0.717, 1.165) is 74.7 Å². The predicted molar refractivity (Wildman–Crippen MR) is 493 cm³/mol. The summed E-state index contributed by atoms with van der Waals surface area (Å²) in [5, 5.41) is 69.5. The summed E-state index contributed by atoms with van der Waals surface area (Å²) in [6.45, 7) is 4.72. The molecule has 8 aromatic carbocycles. The van der Waals surface area contributed by atoms with Crippen molar-refractivity contribution >= 4 is 122 Å². The smallest absolute Gasteiger partial charge is 0.491 e. The monoisotopic (exact) mass is 2530 g/mol. The summed E-state index contributed by atoms with van der Waals surface area (Å²) < 4.78 is 382. The summed E-state index contributed by atoms with van der Waals surface area (Å²) in [6, 6.07) is 54.9. The molecule has 0 amide bonds. The number of fused-ring (bicyclic) bond motifs is 1. The van der Waals surface area contributed by atoms with Crippen LogP contribution in [-0.4, -0.2) is 157 Å². The standard InChI is InChI=1S/2C26H18N3.C18H24O6.2C2H8N2.4CH3NO2.6F6P.2Pd/c2*1-7-24(8-2-18(1)13-19-9-11-27-12-10-19)29-16-22-5-3-20-14-28-15-21-4-6-23(17-29)26(22)25(20)21;19-7-9-21-11-13-23-17-5-1-3-15-16(17)4-2-6-18(15)24-14-12-22-10-8-20;2*3-1-2-4;4*1-2(3)4;6*1-7(2,3,4,5)6;;/h2*1-12,14-17H,13H2;1-6,19-20H,7-14H2;2*1-4H2;4*1H3;;;;;;;;/q2*+1;;;;;;;;6*-1;2*+2. The van der Waals surface area contributed by atoms with Crippen LogP contribution < -0.4 is 41.5 Å². The fraction of sp³-hybridized carbons (Fsp3) is 0.231. The molecule has 14 rings (SSSR count). The largest absolute Gasteiger partial charge is 2.00 e. The van der Waals surface area contributed by atoms with Gasteiger partial charge < -0.3 is 52.1 Å². The Morgan fingerprint density at radius 3 is 0.660 bits per heavy atom. The van der Waals surface area contributed by atoms with Gasteiger partial charge in [-0.2, -0.15) is 9.13 Å². The van der Waals surface area contributed by atoms with Gasteiger partial charge in [-0.25, -0.2) is 0 Å². The van der Waals surface area contributed by atoms with Gasteiger partial charge in [0.2, 0.25) is 11.4 Å². The van der Waals surface area contributed by atoms with E-state index in [4.69, 9.17) is 92.6 Å². The Balaban J connectivity index is -0.00000167. The molecular weight excluding hydrogens is 2440 g/mol. The fourth-order valence-corrected chi connectivity index (χ4v) is 10.7. The van der Waals surface area contributed by atoms with Gasteiger partial charge in [-0.15, -0.1) is 0 Å². The number of benzene rings is 8. The minimum atomic E-state index is -10.7. The number of aliphatic hydroxyl groups is 2. The van der Waals surface area contributed by atoms with Crippen LogP contribution in [0.15, 0.2) is 232 Å². The Morgan fingerprint density at radius 1 is 0.280 bits per heavy atom. The number of ether oxygens (including phenoxy) is 4. The Labute approximate surface area is 848 Å². The summed E-state index contributed by atoms with van der Waals surface area (Å²) in [7, 11) is -60.4. The molecule has 28 nitrogen and oxygen atoms in total. The summed E-state index contributed by atoms with van der Waals surface area (Å²) in [6.07, 6.45) is 25.9. The summed E-state index contributed by atoms with van der Waals surface area (Å²) in [5.41, 5.74) is 27.1. The molecule has 14 aromatic rings. The second-order valence-electron chi connectivity index (χ2n) is 28.7. The zero-order chi connectivity index (χ0) is 115. The molecule has 0 aliphatic heterocycles. The number of rotatable bonds is 20. The average Bonchev–Trinajstić information content (AvgIpc) is 0.739. The van der Waals surface area contributed by atoms with Gasteiger partial charge in [-0.3, -0.25) is 60.4 Å². The molecule has 0 saturated carbocycles. The SMILES string of the molecule is C[N+](=O)[O-].C[N+](=O)[O-].C[N+](=O)[O-].C[N+](=O)[O-].F[P-](F)(F)(F)(F)F.F[P-](F)(F)(F)(F)F.F[P-](F)(F)(F)(F)F.F[P-](F)(F)(F)(F)F.F[P-](F)(F)(F)(F)F.F[P-](F)(F)(F)(F)F.NCCN.NCCN.OCCOCCOc1cccc2c(OCCOCCO)cccc12.[Pd+2].[Pd+2].c1cc(Cc2ccc(-[n+]3cc4ccc5cncc6ccc(c3)c4c56)cc2)ccn1.c1cc(Cc2ccc(-[n+]3cc4ccc5cncc6ccc(c3)c4c56)cc2)ccn1. The molecule has 150 heavy (non-hydrogen) atoms. The van der Waals surface area contributed by atoms with Gasteiger partial charge in [0.25, 0.3) is 0 Å². The van der Waals surface area contributed by atoms with E-state index in [0.29, 0.717) is 65.8 Å². The maximum absolute atomic E-state index is 10.7. The molecule has 0 aliphatic carbocycles. The van der Waals surface area contributed by atoms with Crippen LogP contribution in [-0.2, 0) is 63.2 Å². The molecule has 72 heteroatoms. The zero-order valence-electron chi connectivity index (χ0n) is 76.3. The van der Waals surface area contributed by atoms with Crippen LogP contribution in [0.25, 0.3) is 86.8 Å². The van der Waals surface area contributed by atoms with Gasteiger partial charge in [0.05, 0.1) is 39.6 Å². The van der Waals surface area contributed by atoms with Gasteiger partial charge in [0.1, 0.15) is 24.7 Å². The molecule has 6 aromatic heterocycles. The molecule has 856 valence electrons. The average molecular weight is 2530 g/mol. The van der Waals surface area contributed by atoms with Crippen LogP contribution in [0.4, 0.5) is 151 Å². The van der Waals surface area contributed by atoms with E-state index in [1.807, 2.05) is 86.0 Å². The van der Waals surface area contributed by atoms with Gasteiger partial charge >= 0.3 is 239 Å². The first kappa shape index (κ1) is 143. The molecule has 0 radical (unpaired) electrons. The van der Waals surface area contributed by atoms with E-state index < -0.39 is 66.5 Å². The molecule has 10 N–H and O–H groups in total. The minimum Gasteiger partial charge on any atom is -0.491 e. The first-order valence-corrected chi connectivity index (χ1v) is 51.7. The van der Waals surface area contributed by atoms with Crippen molar-refractivity contribution < 1.29 is 250 Å². The molecule has 0 bridgehead atoms. The van der Waals surface area contributed by atoms with Gasteiger partial charge in [0.15, 0.2) is 53.0 Å². The molecule has 0 atom stereocenters. The van der Waals surface area contributed by atoms with Gasteiger partial charge in [0, 0.05) is 195 Å². The van der Waals surface area contributed by atoms with E-state index in [2.05, 4.69) is 175 Å². The maximum Gasteiger partial charge on any atom is 2.00 e. The first-order valence-electron chi connectivity index (χ1n) is 39.5. The second kappa shape index (κ2) is 52.3. The molecule has 0 spiro atoms. The van der Waals surface area contributed by atoms with Crippen molar-refractivity contribution in [3.8, 4) is 22.9 Å². The van der Waals surface area contributed by atoms with Crippen LogP contribution in [0.5, 0.6) is 11.5 Å².